The van der Waals surface area contributed by atoms with Gasteiger partial charge in [0.2, 0.25) is 0 Å². The highest BCUT2D eigenvalue weighted by Gasteiger charge is 2.13. The number of hydrogen-bond donors (Lipinski definition) is 0. The molecule has 2 aromatic rings. The van der Waals surface area contributed by atoms with E-state index in [-0.39, 0.29) is 0 Å². The lowest BCUT2D eigenvalue weighted by Gasteiger charge is -2.18. The minimum Gasteiger partial charge on any atom is -0.0530 e. The maximum absolute atomic E-state index is 3.58. The Bertz CT molecular complexity index is 534. The quantitative estimate of drug-likeness (QED) is 0.556. The van der Waals surface area contributed by atoms with Crippen molar-refractivity contribution in [1.29, 1.82) is 0 Å². The smallest absolute Gasteiger partial charge is 0.0178 e. The molecule has 0 heterocycles. The van der Waals surface area contributed by atoms with E-state index in [1.54, 1.807) is 0 Å². The lowest BCUT2D eigenvalue weighted by atomic mass is 9.88. The van der Waals surface area contributed by atoms with E-state index in [0.29, 0.717) is 0 Å². The van der Waals surface area contributed by atoms with E-state index in [1.807, 2.05) is 0 Å². The molecule has 0 nitrogen and oxygen atoms in total. The fourth-order valence-corrected chi connectivity index (χ4v) is 3.51. The van der Waals surface area contributed by atoms with Crippen LogP contribution in [-0.4, -0.2) is 0 Å². The molecule has 0 spiro atoms. The van der Waals surface area contributed by atoms with E-state index in [4.69, 9.17) is 0 Å². The molecule has 0 radical (unpaired) electrons. The molecule has 0 saturated carbocycles. The molecule has 2 aromatic carbocycles. The Morgan fingerprint density at radius 3 is 1.56 bits per heavy atom. The molecule has 0 bridgehead atoms. The van der Waals surface area contributed by atoms with Gasteiger partial charge in [-0.15, -0.1) is 0 Å². The van der Waals surface area contributed by atoms with Gasteiger partial charge in [0.15, 0.2) is 0 Å². The van der Waals surface area contributed by atoms with Crippen LogP contribution in [0.3, 0.4) is 0 Å². The summed E-state index contributed by atoms with van der Waals surface area (Å²) < 4.78 is 2.36. The third-order valence-corrected chi connectivity index (χ3v) is 4.55. The number of fused-ring (bicyclic) bond motifs is 3. The molecule has 0 fully saturated rings. The summed E-state index contributed by atoms with van der Waals surface area (Å²) in [4.78, 5) is 0. The van der Waals surface area contributed by atoms with Crippen LogP contribution >= 0.6 is 31.9 Å². The van der Waals surface area contributed by atoms with Crippen molar-refractivity contribution in [3.05, 3.63) is 56.5 Å². The van der Waals surface area contributed by atoms with E-state index in [2.05, 4.69) is 68.3 Å². The van der Waals surface area contributed by atoms with Gasteiger partial charge in [-0.25, -0.2) is 0 Å². The van der Waals surface area contributed by atoms with Crippen LogP contribution in [-0.2, 0) is 12.8 Å². The summed E-state index contributed by atoms with van der Waals surface area (Å²) in [5.74, 6) is 0. The fourth-order valence-electron chi connectivity index (χ4n) is 2.69. The number of rotatable bonds is 0. The average molecular weight is 366 g/mol. The van der Waals surface area contributed by atoms with Crippen molar-refractivity contribution in [2.75, 3.05) is 0 Å². The molecule has 0 unspecified atom stereocenters. The monoisotopic (exact) mass is 364 g/mol. The predicted molar refractivity (Wildman–Crippen MR) is 83.9 cm³/mol. The third kappa shape index (κ3) is 2.41. The average Bonchev–Trinajstić information content (AvgIpc) is 2.33. The second kappa shape index (κ2) is 5.18. The van der Waals surface area contributed by atoms with Crippen LogP contribution in [0.1, 0.15) is 24.0 Å². The SMILES string of the molecule is Brc1ccc2c(c1)CCCCc1cc(Br)ccc1-2. The number of hydrogen-bond acceptors (Lipinski definition) is 0. The first-order chi connectivity index (χ1) is 8.74. The molecule has 18 heavy (non-hydrogen) atoms. The Kier molecular flexibility index (Phi) is 3.58. The summed E-state index contributed by atoms with van der Waals surface area (Å²) in [5.41, 5.74) is 5.74. The minimum atomic E-state index is 1.18. The van der Waals surface area contributed by atoms with Crippen molar-refractivity contribution in [2.24, 2.45) is 0 Å². The highest BCUT2D eigenvalue weighted by Crippen LogP contribution is 2.34. The molecule has 0 aromatic heterocycles. The van der Waals surface area contributed by atoms with E-state index in [9.17, 15) is 0 Å². The maximum Gasteiger partial charge on any atom is 0.0178 e. The van der Waals surface area contributed by atoms with Crippen LogP contribution in [0.5, 0.6) is 0 Å². The van der Waals surface area contributed by atoms with Gasteiger partial charge in [0.05, 0.1) is 0 Å². The Labute approximate surface area is 125 Å². The highest BCUT2D eigenvalue weighted by molar-refractivity contribution is 9.10. The van der Waals surface area contributed by atoms with Gasteiger partial charge in [0.25, 0.3) is 0 Å². The Hall–Kier alpha value is -0.600. The molecular formula is C16H14Br2. The van der Waals surface area contributed by atoms with Crippen molar-refractivity contribution in [2.45, 2.75) is 25.7 Å². The van der Waals surface area contributed by atoms with Crippen LogP contribution in [0.25, 0.3) is 11.1 Å². The first-order valence-corrected chi connectivity index (χ1v) is 7.90. The maximum atomic E-state index is 3.58. The van der Waals surface area contributed by atoms with Gasteiger partial charge in [-0.3, -0.25) is 0 Å². The van der Waals surface area contributed by atoms with Crippen molar-refractivity contribution in [3.8, 4) is 11.1 Å². The molecule has 1 aliphatic rings. The standard InChI is InChI=1S/C16H14Br2/c17-13-5-7-15-11(9-13)3-1-2-4-12-10-14(18)6-8-16(12)15/h5-10H,1-4H2. The first-order valence-electron chi connectivity index (χ1n) is 6.31. The van der Waals surface area contributed by atoms with Gasteiger partial charge in [-0.1, -0.05) is 44.0 Å². The highest BCUT2D eigenvalue weighted by atomic mass is 79.9. The van der Waals surface area contributed by atoms with Gasteiger partial charge in [0, 0.05) is 8.95 Å². The first kappa shape index (κ1) is 12.4. The van der Waals surface area contributed by atoms with Crippen molar-refractivity contribution in [1.82, 2.24) is 0 Å². The van der Waals surface area contributed by atoms with Crippen LogP contribution in [0, 0.1) is 0 Å². The molecular weight excluding hydrogens is 352 g/mol. The summed E-state index contributed by atoms with van der Waals surface area (Å²) >= 11 is 7.16. The van der Waals surface area contributed by atoms with Crippen LogP contribution in [0.15, 0.2) is 45.3 Å². The predicted octanol–water partition coefficient (Wildman–Crippen LogP) is 5.76. The molecule has 1 aliphatic carbocycles. The van der Waals surface area contributed by atoms with Gasteiger partial charge in [-0.05, 0) is 72.2 Å². The van der Waals surface area contributed by atoms with Gasteiger partial charge in [0.1, 0.15) is 0 Å². The molecule has 0 atom stereocenters. The summed E-state index contributed by atoms with van der Waals surface area (Å²) in [7, 11) is 0. The molecule has 2 heteroatoms. The summed E-state index contributed by atoms with van der Waals surface area (Å²) in [5, 5.41) is 0. The Morgan fingerprint density at radius 2 is 1.11 bits per heavy atom. The molecule has 0 N–H and O–H groups in total. The van der Waals surface area contributed by atoms with Crippen LogP contribution in [0.4, 0.5) is 0 Å². The minimum absolute atomic E-state index is 1.18. The molecule has 0 saturated heterocycles. The van der Waals surface area contributed by atoms with E-state index >= 15 is 0 Å². The van der Waals surface area contributed by atoms with Gasteiger partial charge in [-0.2, -0.15) is 0 Å². The van der Waals surface area contributed by atoms with Crippen molar-refractivity contribution < 1.29 is 0 Å². The number of benzene rings is 2. The van der Waals surface area contributed by atoms with Crippen LogP contribution < -0.4 is 0 Å². The normalized spacial score (nSPS) is 14.3. The Balaban J connectivity index is 2.22. The fraction of sp³-hybridized carbons (Fsp3) is 0.250. The van der Waals surface area contributed by atoms with Crippen molar-refractivity contribution >= 4 is 31.9 Å². The van der Waals surface area contributed by atoms with E-state index in [0.717, 1.165) is 0 Å². The largest absolute Gasteiger partial charge is 0.0530 e. The zero-order valence-corrected chi connectivity index (χ0v) is 13.2. The van der Waals surface area contributed by atoms with Crippen molar-refractivity contribution in [3.63, 3.8) is 0 Å². The summed E-state index contributed by atoms with van der Waals surface area (Å²) in [6.07, 6.45) is 4.92. The number of halogens is 2. The van der Waals surface area contributed by atoms with E-state index in [1.165, 1.54) is 56.9 Å². The van der Waals surface area contributed by atoms with Gasteiger partial charge < -0.3 is 0 Å². The third-order valence-electron chi connectivity index (χ3n) is 3.57. The summed E-state index contributed by atoms with van der Waals surface area (Å²) in [6.45, 7) is 0. The lowest BCUT2D eigenvalue weighted by molar-refractivity contribution is 0.729. The second-order valence-electron chi connectivity index (χ2n) is 4.81. The molecule has 3 rings (SSSR count). The molecule has 0 amide bonds. The lowest BCUT2D eigenvalue weighted by Crippen LogP contribution is -2.00. The zero-order chi connectivity index (χ0) is 12.5. The summed E-state index contributed by atoms with van der Waals surface area (Å²) in [6, 6.07) is 13.3. The molecule has 0 aliphatic heterocycles. The Morgan fingerprint density at radius 1 is 0.667 bits per heavy atom. The number of aryl methyl sites for hydroxylation is 2. The zero-order valence-electron chi connectivity index (χ0n) is 10.0. The molecule has 92 valence electrons. The van der Waals surface area contributed by atoms with Gasteiger partial charge >= 0.3 is 0 Å². The second-order valence-corrected chi connectivity index (χ2v) is 6.64. The topological polar surface area (TPSA) is 0 Å². The van der Waals surface area contributed by atoms with Crippen LogP contribution in [0.2, 0.25) is 0 Å². The van der Waals surface area contributed by atoms with E-state index < -0.39 is 0 Å².